The van der Waals surface area contributed by atoms with Crippen molar-refractivity contribution < 1.29 is 13.2 Å². The normalized spacial score (nSPS) is 11.6. The van der Waals surface area contributed by atoms with Gasteiger partial charge < -0.3 is 0 Å². The topological polar surface area (TPSA) is 12.4 Å². The van der Waals surface area contributed by atoms with Gasteiger partial charge in [0, 0.05) is 12.1 Å². The predicted octanol–water partition coefficient (Wildman–Crippen LogP) is 3.26. The molecule has 0 aliphatic rings. The van der Waals surface area contributed by atoms with E-state index >= 15 is 0 Å². The average molecular weight is 213 g/mol. The van der Waals surface area contributed by atoms with Gasteiger partial charge in [0.15, 0.2) is 11.6 Å². The summed E-state index contributed by atoms with van der Waals surface area (Å²) >= 11 is 0. The first-order chi connectivity index (χ1) is 7.06. The minimum Gasteiger partial charge on any atom is -0.282 e. The van der Waals surface area contributed by atoms with Crippen LogP contribution in [0.2, 0.25) is 0 Å². The fourth-order valence-corrected chi connectivity index (χ4v) is 1.14. The number of rotatable bonds is 3. The van der Waals surface area contributed by atoms with Crippen molar-refractivity contribution >= 4 is 5.71 Å². The van der Waals surface area contributed by atoms with Gasteiger partial charge in [0.25, 0.3) is 0 Å². The molecule has 0 amide bonds. The quantitative estimate of drug-likeness (QED) is 0.683. The van der Waals surface area contributed by atoms with Gasteiger partial charge in [-0.15, -0.1) is 0 Å². The lowest BCUT2D eigenvalue weighted by molar-refractivity contribution is 0.508. The van der Waals surface area contributed by atoms with E-state index in [0.29, 0.717) is 6.54 Å². The van der Waals surface area contributed by atoms with Crippen LogP contribution in [0.4, 0.5) is 13.2 Å². The summed E-state index contributed by atoms with van der Waals surface area (Å²) in [5.74, 6) is -2.76. The minimum atomic E-state index is -1.03. The Bertz CT molecular complexity index is 410. The van der Waals surface area contributed by atoms with Crippen LogP contribution >= 0.6 is 0 Å². The number of halogens is 3. The fraction of sp³-hybridized carbons (Fsp3) is 0.182. The fourth-order valence-electron chi connectivity index (χ4n) is 1.14. The summed E-state index contributed by atoms with van der Waals surface area (Å²) < 4.78 is 38.4. The average Bonchev–Trinajstić information content (AvgIpc) is 2.18. The van der Waals surface area contributed by atoms with Gasteiger partial charge >= 0.3 is 0 Å². The van der Waals surface area contributed by atoms with Gasteiger partial charge in [0.05, 0.1) is 5.71 Å². The first-order valence-corrected chi connectivity index (χ1v) is 4.41. The van der Waals surface area contributed by atoms with E-state index in [1.54, 1.807) is 6.92 Å². The van der Waals surface area contributed by atoms with Crippen LogP contribution in [0.25, 0.3) is 0 Å². The van der Waals surface area contributed by atoms with Crippen molar-refractivity contribution in [2.45, 2.75) is 6.92 Å². The molecule has 0 radical (unpaired) electrons. The number of hydrogen-bond donors (Lipinski definition) is 0. The van der Waals surface area contributed by atoms with Gasteiger partial charge in [0.2, 0.25) is 0 Å². The van der Waals surface area contributed by atoms with Crippen molar-refractivity contribution in [3.05, 3.63) is 47.8 Å². The van der Waals surface area contributed by atoms with E-state index in [1.807, 2.05) is 0 Å². The Hall–Kier alpha value is -1.58. The molecule has 0 spiro atoms. The Morgan fingerprint density at radius 1 is 1.33 bits per heavy atom. The molecule has 0 aromatic heterocycles. The lowest BCUT2D eigenvalue weighted by atomic mass is 10.1. The van der Waals surface area contributed by atoms with Crippen molar-refractivity contribution in [3.63, 3.8) is 0 Å². The number of hydrogen-bond acceptors (Lipinski definition) is 1. The molecule has 0 aliphatic heterocycles. The van der Waals surface area contributed by atoms with Crippen LogP contribution in [-0.4, -0.2) is 12.3 Å². The monoisotopic (exact) mass is 213 g/mol. The third kappa shape index (κ3) is 2.68. The van der Waals surface area contributed by atoms with Crippen molar-refractivity contribution in [3.8, 4) is 0 Å². The molecule has 0 bridgehead atoms. The highest BCUT2D eigenvalue weighted by atomic mass is 19.2. The van der Waals surface area contributed by atoms with Gasteiger partial charge in [-0.25, -0.2) is 13.2 Å². The standard InChI is InChI=1S/C11H10F3N/c1-3-15-11(7(2)12)8-4-5-9(13)10(14)6-8/h4-6H,2-3H2,1H3/b15-11+. The van der Waals surface area contributed by atoms with E-state index in [9.17, 15) is 13.2 Å². The van der Waals surface area contributed by atoms with Crippen LogP contribution in [0.1, 0.15) is 12.5 Å². The molecule has 0 atom stereocenters. The molecule has 1 aromatic carbocycles. The summed E-state index contributed by atoms with van der Waals surface area (Å²) in [5, 5.41) is 0. The second kappa shape index (κ2) is 4.77. The molecule has 1 nitrogen and oxygen atoms in total. The Morgan fingerprint density at radius 3 is 2.47 bits per heavy atom. The maximum Gasteiger partial charge on any atom is 0.159 e. The summed E-state index contributed by atoms with van der Waals surface area (Å²) in [4.78, 5) is 3.82. The second-order valence-electron chi connectivity index (χ2n) is 2.86. The van der Waals surface area contributed by atoms with Gasteiger partial charge in [-0.3, -0.25) is 4.99 Å². The molecule has 1 rings (SSSR count). The second-order valence-corrected chi connectivity index (χ2v) is 2.86. The highest BCUT2D eigenvalue weighted by Gasteiger charge is 2.10. The van der Waals surface area contributed by atoms with Crippen LogP contribution in [0.3, 0.4) is 0 Å². The van der Waals surface area contributed by atoms with E-state index < -0.39 is 17.5 Å². The van der Waals surface area contributed by atoms with Crippen LogP contribution < -0.4 is 0 Å². The molecular weight excluding hydrogens is 203 g/mol. The number of allylic oxidation sites excluding steroid dienone is 1. The molecule has 0 fully saturated rings. The summed E-state index contributed by atoms with van der Waals surface area (Å²) in [6.45, 7) is 5.14. The smallest absolute Gasteiger partial charge is 0.159 e. The van der Waals surface area contributed by atoms with Crippen molar-refractivity contribution in [1.29, 1.82) is 0 Å². The first-order valence-electron chi connectivity index (χ1n) is 4.41. The molecule has 1 aromatic rings. The third-order valence-electron chi connectivity index (χ3n) is 1.77. The predicted molar refractivity (Wildman–Crippen MR) is 53.7 cm³/mol. The molecule has 4 heteroatoms. The molecule has 0 saturated heterocycles. The zero-order valence-electron chi connectivity index (χ0n) is 8.23. The Kier molecular flexibility index (Phi) is 3.66. The van der Waals surface area contributed by atoms with Gasteiger partial charge in [-0.1, -0.05) is 6.58 Å². The number of benzene rings is 1. The van der Waals surface area contributed by atoms with E-state index in [-0.39, 0.29) is 11.3 Å². The third-order valence-corrected chi connectivity index (χ3v) is 1.77. The van der Waals surface area contributed by atoms with Crippen LogP contribution in [0.5, 0.6) is 0 Å². The van der Waals surface area contributed by atoms with E-state index in [4.69, 9.17) is 0 Å². The van der Waals surface area contributed by atoms with Crippen LogP contribution in [0, 0.1) is 11.6 Å². The number of aliphatic imine (C=N–C) groups is 1. The summed E-state index contributed by atoms with van der Waals surface area (Å²) in [6.07, 6.45) is 0. The zero-order chi connectivity index (χ0) is 11.4. The Morgan fingerprint density at radius 2 is 2.00 bits per heavy atom. The number of nitrogens with zero attached hydrogens (tertiary/aromatic N) is 1. The van der Waals surface area contributed by atoms with Gasteiger partial charge in [-0.05, 0) is 25.1 Å². The van der Waals surface area contributed by atoms with E-state index in [2.05, 4.69) is 11.6 Å². The molecule has 0 aliphatic carbocycles. The molecule has 0 N–H and O–H groups in total. The lowest BCUT2D eigenvalue weighted by Gasteiger charge is -2.03. The van der Waals surface area contributed by atoms with Crippen molar-refractivity contribution in [2.75, 3.05) is 6.54 Å². The largest absolute Gasteiger partial charge is 0.282 e. The van der Waals surface area contributed by atoms with E-state index in [0.717, 1.165) is 12.1 Å². The molecule has 0 saturated carbocycles. The summed E-state index contributed by atoms with van der Waals surface area (Å²) in [6, 6.07) is 3.09. The summed E-state index contributed by atoms with van der Waals surface area (Å²) in [5.41, 5.74) is 0.139. The molecule has 15 heavy (non-hydrogen) atoms. The molecule has 0 unspecified atom stereocenters. The maximum absolute atomic E-state index is 12.9. The maximum atomic E-state index is 12.9. The minimum absolute atomic E-state index is 0.0450. The molecule has 0 heterocycles. The van der Waals surface area contributed by atoms with Crippen molar-refractivity contribution in [1.82, 2.24) is 0 Å². The highest BCUT2D eigenvalue weighted by Crippen LogP contribution is 2.13. The first kappa shape index (κ1) is 11.5. The van der Waals surface area contributed by atoms with Crippen molar-refractivity contribution in [2.24, 2.45) is 4.99 Å². The van der Waals surface area contributed by atoms with Crippen LogP contribution in [-0.2, 0) is 0 Å². The van der Waals surface area contributed by atoms with E-state index in [1.165, 1.54) is 6.07 Å². The lowest BCUT2D eigenvalue weighted by Crippen LogP contribution is -2.03. The zero-order valence-corrected chi connectivity index (χ0v) is 8.23. The van der Waals surface area contributed by atoms with Crippen LogP contribution in [0.15, 0.2) is 35.6 Å². The Labute approximate surface area is 86.0 Å². The SMILES string of the molecule is C=C(F)/C(=N\CC)c1ccc(F)c(F)c1. The summed E-state index contributed by atoms with van der Waals surface area (Å²) in [7, 11) is 0. The highest BCUT2D eigenvalue weighted by molar-refractivity contribution is 6.10. The van der Waals surface area contributed by atoms with Gasteiger partial charge in [0.1, 0.15) is 5.83 Å². The molecule has 80 valence electrons. The Balaban J connectivity index is 3.19. The molecular formula is C11H10F3N. The van der Waals surface area contributed by atoms with Gasteiger partial charge in [-0.2, -0.15) is 0 Å².